The first-order chi connectivity index (χ1) is 9.19. The second kappa shape index (κ2) is 6.05. The summed E-state index contributed by atoms with van der Waals surface area (Å²) in [6.07, 6.45) is 2.03. The van der Waals surface area contributed by atoms with Gasteiger partial charge in [0.05, 0.1) is 12.7 Å². The Hall–Kier alpha value is -2.29. The summed E-state index contributed by atoms with van der Waals surface area (Å²) in [6, 6.07) is 0. The zero-order valence-corrected chi connectivity index (χ0v) is 10.5. The lowest BCUT2D eigenvalue weighted by Crippen LogP contribution is -2.26. The van der Waals surface area contributed by atoms with E-state index >= 15 is 0 Å². The van der Waals surface area contributed by atoms with Gasteiger partial charge >= 0.3 is 0 Å². The number of aryl methyl sites for hydroxylation is 1. The Labute approximate surface area is 109 Å². The van der Waals surface area contributed by atoms with Crippen molar-refractivity contribution < 1.29 is 9.32 Å². The Kier molecular flexibility index (Phi) is 4.18. The SMILES string of the molecule is Cc1noc(CCNC(=O)c2cn(CCN)nn2)n1. The molecule has 9 heteroatoms. The van der Waals surface area contributed by atoms with Crippen molar-refractivity contribution in [3.05, 3.63) is 23.6 Å². The third kappa shape index (κ3) is 3.58. The number of carbonyl (C=O) groups excluding carboxylic acids is 1. The fourth-order valence-corrected chi connectivity index (χ4v) is 1.46. The minimum Gasteiger partial charge on any atom is -0.350 e. The molecule has 0 aromatic carbocycles. The zero-order valence-electron chi connectivity index (χ0n) is 10.5. The molecule has 0 radical (unpaired) electrons. The Bertz CT molecular complexity index is 548. The molecule has 0 fully saturated rings. The quantitative estimate of drug-likeness (QED) is 0.679. The molecule has 0 atom stereocenters. The van der Waals surface area contributed by atoms with Crippen LogP contribution in [0.4, 0.5) is 0 Å². The van der Waals surface area contributed by atoms with Crippen LogP contribution in [0.5, 0.6) is 0 Å². The third-order valence-corrected chi connectivity index (χ3v) is 2.32. The number of aromatic nitrogens is 5. The zero-order chi connectivity index (χ0) is 13.7. The number of hydrogen-bond acceptors (Lipinski definition) is 7. The highest BCUT2D eigenvalue weighted by atomic mass is 16.5. The fourth-order valence-electron chi connectivity index (χ4n) is 1.46. The Balaban J connectivity index is 1.80. The minimum atomic E-state index is -0.292. The lowest BCUT2D eigenvalue weighted by atomic mass is 10.4. The van der Waals surface area contributed by atoms with Crippen molar-refractivity contribution in [3.8, 4) is 0 Å². The summed E-state index contributed by atoms with van der Waals surface area (Å²) < 4.78 is 6.45. The molecule has 3 N–H and O–H groups in total. The van der Waals surface area contributed by atoms with Gasteiger partial charge in [-0.05, 0) is 6.92 Å². The summed E-state index contributed by atoms with van der Waals surface area (Å²) in [5, 5.41) is 13.9. The first kappa shape index (κ1) is 13.1. The van der Waals surface area contributed by atoms with Crippen LogP contribution in [-0.4, -0.2) is 44.1 Å². The maximum atomic E-state index is 11.7. The molecule has 102 valence electrons. The maximum Gasteiger partial charge on any atom is 0.273 e. The molecule has 0 aliphatic rings. The van der Waals surface area contributed by atoms with E-state index in [1.807, 2.05) is 0 Å². The lowest BCUT2D eigenvalue weighted by Gasteiger charge is -1.99. The number of nitrogens with two attached hydrogens (primary N) is 1. The summed E-state index contributed by atoms with van der Waals surface area (Å²) in [5.74, 6) is 0.773. The van der Waals surface area contributed by atoms with Crippen LogP contribution in [0.3, 0.4) is 0 Å². The van der Waals surface area contributed by atoms with E-state index in [-0.39, 0.29) is 11.6 Å². The predicted octanol–water partition coefficient (Wildman–Crippen LogP) is -1.10. The van der Waals surface area contributed by atoms with Crippen LogP contribution in [0.25, 0.3) is 0 Å². The molecule has 2 rings (SSSR count). The molecule has 0 saturated heterocycles. The molecule has 0 spiro atoms. The van der Waals surface area contributed by atoms with Crippen molar-refractivity contribution in [2.24, 2.45) is 5.73 Å². The number of nitrogens with one attached hydrogen (secondary N) is 1. The summed E-state index contributed by atoms with van der Waals surface area (Å²) in [7, 11) is 0. The van der Waals surface area contributed by atoms with Gasteiger partial charge < -0.3 is 15.6 Å². The van der Waals surface area contributed by atoms with E-state index in [2.05, 4.69) is 25.8 Å². The summed E-state index contributed by atoms with van der Waals surface area (Å²) in [5.41, 5.74) is 5.64. The van der Waals surface area contributed by atoms with E-state index in [9.17, 15) is 4.79 Å². The second-order valence-electron chi connectivity index (χ2n) is 3.90. The van der Waals surface area contributed by atoms with E-state index < -0.39 is 0 Å². The van der Waals surface area contributed by atoms with Crippen LogP contribution in [0.2, 0.25) is 0 Å². The molecule has 9 nitrogen and oxygen atoms in total. The Morgan fingerprint density at radius 2 is 2.42 bits per heavy atom. The van der Waals surface area contributed by atoms with Crippen molar-refractivity contribution in [1.82, 2.24) is 30.5 Å². The number of amides is 1. The smallest absolute Gasteiger partial charge is 0.273 e. The molecule has 0 aliphatic carbocycles. The van der Waals surface area contributed by atoms with Gasteiger partial charge in [-0.2, -0.15) is 4.98 Å². The van der Waals surface area contributed by atoms with E-state index in [1.165, 1.54) is 4.68 Å². The molecular formula is C10H15N7O2. The minimum absolute atomic E-state index is 0.259. The van der Waals surface area contributed by atoms with Gasteiger partial charge in [-0.15, -0.1) is 5.10 Å². The molecular weight excluding hydrogens is 250 g/mol. The first-order valence-electron chi connectivity index (χ1n) is 5.86. The second-order valence-corrected chi connectivity index (χ2v) is 3.90. The van der Waals surface area contributed by atoms with Gasteiger partial charge in [-0.1, -0.05) is 10.4 Å². The number of rotatable bonds is 6. The third-order valence-electron chi connectivity index (χ3n) is 2.32. The standard InChI is InChI=1S/C10H15N7O2/c1-7-13-9(19-15-7)2-4-12-10(18)8-6-17(5-3-11)16-14-8/h6H,2-5,11H2,1H3,(H,12,18). The average molecular weight is 265 g/mol. The van der Waals surface area contributed by atoms with Crippen molar-refractivity contribution >= 4 is 5.91 Å². The maximum absolute atomic E-state index is 11.7. The first-order valence-corrected chi connectivity index (χ1v) is 5.86. The van der Waals surface area contributed by atoms with Gasteiger partial charge in [-0.3, -0.25) is 9.48 Å². The summed E-state index contributed by atoms with van der Waals surface area (Å²) >= 11 is 0. The van der Waals surface area contributed by atoms with Crippen LogP contribution in [0.15, 0.2) is 10.7 Å². The molecule has 2 aromatic rings. The number of hydrogen-bond donors (Lipinski definition) is 2. The number of carbonyl (C=O) groups is 1. The molecule has 0 saturated carbocycles. The van der Waals surface area contributed by atoms with Gasteiger partial charge in [0, 0.05) is 19.5 Å². The fraction of sp³-hybridized carbons (Fsp3) is 0.500. The van der Waals surface area contributed by atoms with E-state index in [1.54, 1.807) is 13.1 Å². The van der Waals surface area contributed by atoms with Crippen LogP contribution >= 0.6 is 0 Å². The molecule has 0 aliphatic heterocycles. The molecule has 2 heterocycles. The molecule has 19 heavy (non-hydrogen) atoms. The van der Waals surface area contributed by atoms with E-state index in [4.69, 9.17) is 10.3 Å². The van der Waals surface area contributed by atoms with Gasteiger partial charge in [0.25, 0.3) is 5.91 Å². The Morgan fingerprint density at radius 3 is 3.11 bits per heavy atom. The van der Waals surface area contributed by atoms with Crippen molar-refractivity contribution in [2.75, 3.05) is 13.1 Å². The monoisotopic (exact) mass is 265 g/mol. The molecule has 0 unspecified atom stereocenters. The normalized spacial score (nSPS) is 10.6. The predicted molar refractivity (Wildman–Crippen MR) is 64.1 cm³/mol. The average Bonchev–Trinajstić information content (AvgIpc) is 2.99. The van der Waals surface area contributed by atoms with Crippen molar-refractivity contribution in [2.45, 2.75) is 19.9 Å². The lowest BCUT2D eigenvalue weighted by molar-refractivity contribution is 0.0948. The van der Waals surface area contributed by atoms with Crippen LogP contribution in [-0.2, 0) is 13.0 Å². The van der Waals surface area contributed by atoms with Crippen LogP contribution in [0, 0.1) is 6.92 Å². The molecule has 1 amide bonds. The highest BCUT2D eigenvalue weighted by Gasteiger charge is 2.10. The number of nitrogens with zero attached hydrogens (tertiary/aromatic N) is 5. The summed E-state index contributed by atoms with van der Waals surface area (Å²) in [4.78, 5) is 15.8. The largest absolute Gasteiger partial charge is 0.350 e. The topological polar surface area (TPSA) is 125 Å². The van der Waals surface area contributed by atoms with Gasteiger partial charge in [0.15, 0.2) is 11.5 Å². The van der Waals surface area contributed by atoms with Crippen LogP contribution < -0.4 is 11.1 Å². The van der Waals surface area contributed by atoms with E-state index in [0.717, 1.165) is 0 Å². The van der Waals surface area contributed by atoms with Gasteiger partial charge in [0.2, 0.25) is 5.89 Å². The molecule has 0 bridgehead atoms. The molecule has 2 aromatic heterocycles. The highest BCUT2D eigenvalue weighted by molar-refractivity contribution is 5.91. The van der Waals surface area contributed by atoms with Crippen molar-refractivity contribution in [1.29, 1.82) is 0 Å². The summed E-state index contributed by atoms with van der Waals surface area (Å²) in [6.45, 7) is 3.11. The van der Waals surface area contributed by atoms with E-state index in [0.29, 0.717) is 37.8 Å². The Morgan fingerprint density at radius 1 is 1.58 bits per heavy atom. The van der Waals surface area contributed by atoms with Gasteiger partial charge in [0.1, 0.15) is 0 Å². The van der Waals surface area contributed by atoms with Gasteiger partial charge in [-0.25, -0.2) is 0 Å². The van der Waals surface area contributed by atoms with Crippen LogP contribution in [0.1, 0.15) is 22.2 Å². The highest BCUT2D eigenvalue weighted by Crippen LogP contribution is 1.97. The van der Waals surface area contributed by atoms with Crippen molar-refractivity contribution in [3.63, 3.8) is 0 Å².